The second-order valence-electron chi connectivity index (χ2n) is 6.98. The second-order valence-corrected chi connectivity index (χ2v) is 10.2. The molecular weight excluding hydrogens is 478 g/mol. The molecule has 0 saturated heterocycles. The SMILES string of the molecule is COc1ccccc1Nc1nnc(SCC(=O)N2N=C(c3ccco3)CC2c2cccs2)s1. The number of nitrogens with one attached hydrogen (secondary N) is 1. The standard InChI is InChI=1S/C22H19N5O3S3/c1-29-17-7-3-2-6-14(17)23-21-24-25-22(33-21)32-13-20(28)27-16(19-9-5-11-31-19)12-15(26-27)18-8-4-10-30-18/h2-11,16H,12-13H2,1H3,(H,23,24). The van der Waals surface area contributed by atoms with Gasteiger partial charge in [-0.05, 0) is 35.7 Å². The van der Waals surface area contributed by atoms with Crippen molar-refractivity contribution in [3.05, 3.63) is 70.8 Å². The number of carbonyl (C=O) groups excluding carboxylic acids is 1. The van der Waals surface area contributed by atoms with Gasteiger partial charge in [-0.15, -0.1) is 21.5 Å². The fourth-order valence-electron chi connectivity index (χ4n) is 3.41. The number of furan rings is 1. The molecule has 0 spiro atoms. The largest absolute Gasteiger partial charge is 0.495 e. The molecule has 1 aliphatic rings. The van der Waals surface area contributed by atoms with Crippen LogP contribution in [0.1, 0.15) is 23.1 Å². The average molecular weight is 498 g/mol. The lowest BCUT2D eigenvalue weighted by Crippen LogP contribution is -2.28. The average Bonchev–Trinajstić information content (AvgIpc) is 3.63. The molecule has 1 amide bonds. The van der Waals surface area contributed by atoms with Crippen LogP contribution in [0.3, 0.4) is 0 Å². The Hall–Kier alpha value is -3.15. The summed E-state index contributed by atoms with van der Waals surface area (Å²) in [5.74, 6) is 1.53. The first-order valence-electron chi connectivity index (χ1n) is 10.0. The number of anilines is 2. The Kier molecular flexibility index (Phi) is 6.42. The van der Waals surface area contributed by atoms with Gasteiger partial charge in [-0.25, -0.2) is 5.01 Å². The third-order valence-electron chi connectivity index (χ3n) is 4.92. The molecule has 1 N–H and O–H groups in total. The zero-order valence-corrected chi connectivity index (χ0v) is 20.0. The summed E-state index contributed by atoms with van der Waals surface area (Å²) in [6, 6.07) is 15.2. The predicted octanol–water partition coefficient (Wildman–Crippen LogP) is 5.41. The summed E-state index contributed by atoms with van der Waals surface area (Å²) < 4.78 is 11.6. The first-order valence-corrected chi connectivity index (χ1v) is 12.7. The van der Waals surface area contributed by atoms with E-state index in [4.69, 9.17) is 9.15 Å². The molecule has 0 radical (unpaired) electrons. The van der Waals surface area contributed by atoms with E-state index in [1.807, 2.05) is 53.9 Å². The van der Waals surface area contributed by atoms with Crippen LogP contribution in [0.4, 0.5) is 10.8 Å². The van der Waals surface area contributed by atoms with Crippen molar-refractivity contribution in [1.82, 2.24) is 15.2 Å². The molecule has 8 nitrogen and oxygen atoms in total. The Labute approximate surface area is 202 Å². The lowest BCUT2D eigenvalue weighted by atomic mass is 10.1. The van der Waals surface area contributed by atoms with Gasteiger partial charge >= 0.3 is 0 Å². The number of hydrogen-bond donors (Lipinski definition) is 1. The van der Waals surface area contributed by atoms with E-state index >= 15 is 0 Å². The minimum atomic E-state index is -0.129. The van der Waals surface area contributed by atoms with Crippen LogP contribution in [0.5, 0.6) is 5.75 Å². The van der Waals surface area contributed by atoms with Gasteiger partial charge in [0.25, 0.3) is 5.91 Å². The van der Waals surface area contributed by atoms with E-state index in [9.17, 15) is 4.79 Å². The lowest BCUT2D eigenvalue weighted by Gasteiger charge is -2.20. The summed E-state index contributed by atoms with van der Waals surface area (Å²) in [5.41, 5.74) is 1.58. The zero-order chi connectivity index (χ0) is 22.6. The zero-order valence-electron chi connectivity index (χ0n) is 17.5. The highest BCUT2D eigenvalue weighted by Gasteiger charge is 2.34. The molecule has 0 aliphatic carbocycles. The third kappa shape index (κ3) is 4.80. The number of benzene rings is 1. The van der Waals surface area contributed by atoms with Crippen molar-refractivity contribution in [2.24, 2.45) is 5.10 Å². The van der Waals surface area contributed by atoms with Gasteiger partial charge in [-0.1, -0.05) is 41.3 Å². The fraction of sp³-hybridized carbons (Fsp3) is 0.182. The third-order valence-corrected chi connectivity index (χ3v) is 7.85. The number of nitrogens with zero attached hydrogens (tertiary/aromatic N) is 4. The first kappa shape index (κ1) is 21.7. The number of thioether (sulfide) groups is 1. The van der Waals surface area contributed by atoms with Crippen molar-refractivity contribution in [2.75, 3.05) is 18.2 Å². The number of carbonyl (C=O) groups is 1. The maximum absolute atomic E-state index is 13.1. The van der Waals surface area contributed by atoms with Crippen LogP contribution in [0.25, 0.3) is 0 Å². The summed E-state index contributed by atoms with van der Waals surface area (Å²) >= 11 is 4.35. The van der Waals surface area contributed by atoms with E-state index in [1.54, 1.807) is 29.7 Å². The predicted molar refractivity (Wildman–Crippen MR) is 131 cm³/mol. The molecule has 0 fully saturated rings. The van der Waals surface area contributed by atoms with Crippen molar-refractivity contribution >= 4 is 56.9 Å². The molecule has 5 rings (SSSR count). The minimum absolute atomic E-state index is 0.0885. The molecule has 168 valence electrons. The molecule has 0 bridgehead atoms. The van der Waals surface area contributed by atoms with Crippen LogP contribution >= 0.6 is 34.4 Å². The summed E-state index contributed by atoms with van der Waals surface area (Å²) in [4.78, 5) is 14.2. The fourth-order valence-corrected chi connectivity index (χ4v) is 5.83. The summed E-state index contributed by atoms with van der Waals surface area (Å²) in [5, 5.41) is 20.4. The quantitative estimate of drug-likeness (QED) is 0.325. The molecule has 1 atom stereocenters. The molecule has 0 saturated carbocycles. The van der Waals surface area contributed by atoms with Crippen molar-refractivity contribution in [3.8, 4) is 5.75 Å². The van der Waals surface area contributed by atoms with Gasteiger partial charge in [0.05, 0.1) is 30.9 Å². The van der Waals surface area contributed by atoms with Gasteiger partial charge in [0.1, 0.15) is 17.2 Å². The van der Waals surface area contributed by atoms with Crippen LogP contribution in [0.15, 0.2) is 74.0 Å². The van der Waals surface area contributed by atoms with Crippen LogP contribution in [0.2, 0.25) is 0 Å². The van der Waals surface area contributed by atoms with Gasteiger partial charge in [-0.3, -0.25) is 4.79 Å². The molecule has 1 aliphatic heterocycles. The number of amides is 1. The van der Waals surface area contributed by atoms with Crippen molar-refractivity contribution in [3.63, 3.8) is 0 Å². The van der Waals surface area contributed by atoms with Crippen LogP contribution in [-0.4, -0.2) is 39.7 Å². The number of hydrogen-bond acceptors (Lipinski definition) is 10. The number of para-hydroxylation sites is 2. The Balaban J connectivity index is 1.26. The van der Waals surface area contributed by atoms with Gasteiger partial charge in [0.2, 0.25) is 5.13 Å². The van der Waals surface area contributed by atoms with E-state index < -0.39 is 0 Å². The lowest BCUT2D eigenvalue weighted by molar-refractivity contribution is -0.130. The number of ether oxygens (including phenoxy) is 1. The minimum Gasteiger partial charge on any atom is -0.495 e. The van der Waals surface area contributed by atoms with Crippen LogP contribution in [0, 0.1) is 0 Å². The van der Waals surface area contributed by atoms with Crippen molar-refractivity contribution < 1.29 is 13.9 Å². The van der Waals surface area contributed by atoms with Gasteiger partial charge in [0.15, 0.2) is 4.34 Å². The van der Waals surface area contributed by atoms with Crippen LogP contribution in [-0.2, 0) is 4.79 Å². The highest BCUT2D eigenvalue weighted by molar-refractivity contribution is 8.01. The highest BCUT2D eigenvalue weighted by Crippen LogP contribution is 2.37. The number of thiophene rings is 1. The highest BCUT2D eigenvalue weighted by atomic mass is 32.2. The molecule has 1 unspecified atom stereocenters. The Bertz CT molecular complexity index is 1250. The topological polar surface area (TPSA) is 92.8 Å². The van der Waals surface area contributed by atoms with E-state index in [-0.39, 0.29) is 17.7 Å². The van der Waals surface area contributed by atoms with E-state index in [2.05, 4.69) is 20.6 Å². The van der Waals surface area contributed by atoms with Crippen LogP contribution < -0.4 is 10.1 Å². The molecule has 33 heavy (non-hydrogen) atoms. The Morgan fingerprint density at radius 3 is 2.94 bits per heavy atom. The Morgan fingerprint density at radius 1 is 1.24 bits per heavy atom. The number of methoxy groups -OCH3 is 1. The number of rotatable bonds is 8. The van der Waals surface area contributed by atoms with Gasteiger partial charge < -0.3 is 14.5 Å². The summed E-state index contributed by atoms with van der Waals surface area (Å²) in [7, 11) is 1.62. The summed E-state index contributed by atoms with van der Waals surface area (Å²) in [6.45, 7) is 0. The maximum atomic E-state index is 13.1. The molecule has 3 aromatic heterocycles. The van der Waals surface area contributed by atoms with E-state index in [0.717, 1.165) is 22.0 Å². The number of hydrazone groups is 1. The maximum Gasteiger partial charge on any atom is 0.253 e. The second kappa shape index (κ2) is 9.77. The van der Waals surface area contributed by atoms with Crippen molar-refractivity contribution in [2.45, 2.75) is 16.8 Å². The normalized spacial score (nSPS) is 15.5. The number of aromatic nitrogens is 2. The molecule has 4 aromatic rings. The van der Waals surface area contributed by atoms with Gasteiger partial charge in [0, 0.05) is 11.3 Å². The first-order chi connectivity index (χ1) is 16.2. The summed E-state index contributed by atoms with van der Waals surface area (Å²) in [6.07, 6.45) is 2.24. The monoisotopic (exact) mass is 497 g/mol. The molecule has 4 heterocycles. The molecular formula is C22H19N5O3S3. The van der Waals surface area contributed by atoms with Crippen molar-refractivity contribution in [1.29, 1.82) is 0 Å². The molecule has 1 aromatic carbocycles. The smallest absolute Gasteiger partial charge is 0.253 e. The van der Waals surface area contributed by atoms with E-state index in [1.165, 1.54) is 23.1 Å². The molecule has 11 heteroatoms. The van der Waals surface area contributed by atoms with E-state index in [0.29, 0.717) is 21.7 Å². The Morgan fingerprint density at radius 2 is 2.15 bits per heavy atom. The van der Waals surface area contributed by atoms with Gasteiger partial charge in [-0.2, -0.15) is 5.10 Å².